The first kappa shape index (κ1) is 11.4. The number of hydrogen-bond acceptors (Lipinski definition) is 4. The van der Waals surface area contributed by atoms with E-state index < -0.39 is 0 Å². The van der Waals surface area contributed by atoms with Gasteiger partial charge in [0.2, 0.25) is 11.2 Å². The average Bonchev–Trinajstić information content (AvgIpc) is 2.73. The third-order valence-corrected chi connectivity index (χ3v) is 3.01. The van der Waals surface area contributed by atoms with Crippen LogP contribution < -0.4 is 0 Å². The highest BCUT2D eigenvalue weighted by molar-refractivity contribution is 6.33. The average molecular weight is 280 g/mol. The van der Waals surface area contributed by atoms with E-state index in [9.17, 15) is 0 Å². The van der Waals surface area contributed by atoms with E-state index in [-0.39, 0.29) is 5.28 Å². The summed E-state index contributed by atoms with van der Waals surface area (Å²) in [6, 6.07) is 7.31. The molecule has 18 heavy (non-hydrogen) atoms. The molecular weight excluding hydrogens is 273 g/mol. The minimum Gasteiger partial charge on any atom is -0.417 e. The van der Waals surface area contributed by atoms with Crippen molar-refractivity contribution in [1.82, 2.24) is 15.0 Å². The number of hydrogen-bond donors (Lipinski definition) is 0. The highest BCUT2D eigenvalue weighted by Crippen LogP contribution is 2.29. The van der Waals surface area contributed by atoms with Gasteiger partial charge in [0.15, 0.2) is 5.52 Å². The highest BCUT2D eigenvalue weighted by Gasteiger charge is 2.14. The van der Waals surface area contributed by atoms with E-state index in [1.165, 1.54) is 0 Å². The van der Waals surface area contributed by atoms with Crippen molar-refractivity contribution in [1.29, 1.82) is 0 Å². The molecule has 0 N–H and O–H groups in total. The number of nitrogens with zero attached hydrogens (tertiary/aromatic N) is 3. The number of aromatic nitrogens is 3. The van der Waals surface area contributed by atoms with E-state index in [2.05, 4.69) is 15.0 Å². The molecule has 3 aromatic rings. The summed E-state index contributed by atoms with van der Waals surface area (Å²) in [7, 11) is 0. The zero-order valence-corrected chi connectivity index (χ0v) is 10.8. The van der Waals surface area contributed by atoms with Crippen molar-refractivity contribution in [3.05, 3.63) is 40.3 Å². The summed E-state index contributed by atoms with van der Waals surface area (Å²) >= 11 is 11.9. The lowest BCUT2D eigenvalue weighted by Crippen LogP contribution is -1.87. The molecule has 3 rings (SSSR count). The summed E-state index contributed by atoms with van der Waals surface area (Å²) in [5, 5.41) is 0.711. The predicted molar refractivity (Wildman–Crippen MR) is 69.8 cm³/mol. The van der Waals surface area contributed by atoms with Crippen molar-refractivity contribution in [2.75, 3.05) is 0 Å². The van der Waals surface area contributed by atoms with Gasteiger partial charge in [-0.1, -0.05) is 23.7 Å². The third-order valence-electron chi connectivity index (χ3n) is 2.51. The lowest BCUT2D eigenvalue weighted by atomic mass is 10.2. The molecule has 0 aliphatic carbocycles. The van der Waals surface area contributed by atoms with Crippen molar-refractivity contribution in [3.63, 3.8) is 0 Å². The Morgan fingerprint density at radius 3 is 2.61 bits per heavy atom. The Morgan fingerprint density at radius 1 is 1.06 bits per heavy atom. The topological polar surface area (TPSA) is 51.8 Å². The van der Waals surface area contributed by atoms with Gasteiger partial charge in [-0.15, -0.1) is 0 Å². The van der Waals surface area contributed by atoms with Crippen molar-refractivity contribution in [2.45, 2.75) is 6.92 Å². The van der Waals surface area contributed by atoms with Gasteiger partial charge in [0.1, 0.15) is 0 Å². The molecule has 0 saturated heterocycles. The van der Waals surface area contributed by atoms with Crippen LogP contribution in [-0.2, 0) is 0 Å². The fourth-order valence-electron chi connectivity index (χ4n) is 1.67. The molecule has 2 heterocycles. The molecule has 0 atom stereocenters. The number of rotatable bonds is 1. The Balaban J connectivity index is 2.26. The smallest absolute Gasteiger partial charge is 0.252 e. The lowest BCUT2D eigenvalue weighted by Gasteiger charge is -1.96. The van der Waals surface area contributed by atoms with Gasteiger partial charge < -0.3 is 4.42 Å². The maximum Gasteiger partial charge on any atom is 0.252 e. The minimum absolute atomic E-state index is 0.141. The zero-order valence-electron chi connectivity index (χ0n) is 9.32. The van der Waals surface area contributed by atoms with Crippen molar-refractivity contribution in [2.24, 2.45) is 0 Å². The van der Waals surface area contributed by atoms with E-state index in [0.29, 0.717) is 33.4 Å². The molecule has 0 radical (unpaired) electrons. The van der Waals surface area contributed by atoms with Crippen LogP contribution in [0.4, 0.5) is 0 Å². The molecule has 2 aromatic heterocycles. The van der Waals surface area contributed by atoms with Gasteiger partial charge in [-0.2, -0.15) is 4.98 Å². The number of aryl methyl sites for hydroxylation is 1. The second-order valence-corrected chi connectivity index (χ2v) is 4.48. The summed E-state index contributed by atoms with van der Waals surface area (Å²) in [5.74, 6) is 0.412. The van der Waals surface area contributed by atoms with Gasteiger partial charge in [0.05, 0.1) is 16.3 Å². The maximum atomic E-state index is 6.10. The number of benzene rings is 1. The molecule has 0 fully saturated rings. The van der Waals surface area contributed by atoms with Gasteiger partial charge in [-0.3, -0.25) is 0 Å². The fraction of sp³-hybridized carbons (Fsp3) is 0.0833. The molecule has 90 valence electrons. The Morgan fingerprint density at radius 2 is 1.83 bits per heavy atom. The van der Waals surface area contributed by atoms with Crippen LogP contribution in [0.3, 0.4) is 0 Å². The SMILES string of the molecule is Cc1nc(Cl)nc2oc(-c3ccccc3Cl)nc12. The monoisotopic (exact) mass is 279 g/mol. The summed E-state index contributed by atoms with van der Waals surface area (Å²) < 4.78 is 5.57. The van der Waals surface area contributed by atoms with Crippen LogP contribution in [0.25, 0.3) is 22.7 Å². The van der Waals surface area contributed by atoms with Gasteiger partial charge >= 0.3 is 0 Å². The first-order chi connectivity index (χ1) is 8.65. The quantitative estimate of drug-likeness (QED) is 0.634. The van der Waals surface area contributed by atoms with Crippen molar-refractivity contribution < 1.29 is 4.42 Å². The largest absolute Gasteiger partial charge is 0.417 e. The van der Waals surface area contributed by atoms with E-state index in [0.717, 1.165) is 0 Å². The fourth-order valence-corrected chi connectivity index (χ4v) is 2.09. The van der Waals surface area contributed by atoms with E-state index in [1.807, 2.05) is 18.2 Å². The van der Waals surface area contributed by atoms with Crippen LogP contribution in [0.2, 0.25) is 10.3 Å². The standard InChI is InChI=1S/C12H7Cl2N3O/c1-6-9-11(17-12(14)15-6)18-10(16-9)7-4-2-3-5-8(7)13/h2-5H,1H3. The molecule has 4 nitrogen and oxygen atoms in total. The van der Waals surface area contributed by atoms with Crippen LogP contribution in [0.15, 0.2) is 28.7 Å². The van der Waals surface area contributed by atoms with Crippen molar-refractivity contribution in [3.8, 4) is 11.5 Å². The Labute approximate surface area is 113 Å². The molecule has 0 amide bonds. The van der Waals surface area contributed by atoms with Crippen LogP contribution in [-0.4, -0.2) is 15.0 Å². The predicted octanol–water partition coefficient (Wildman–Crippen LogP) is 3.90. The van der Waals surface area contributed by atoms with Crippen LogP contribution in [0.5, 0.6) is 0 Å². The molecule has 0 aliphatic heterocycles. The summed E-state index contributed by atoms with van der Waals surface area (Å²) in [6.45, 7) is 1.80. The molecule has 0 aliphatic rings. The van der Waals surface area contributed by atoms with E-state index in [4.69, 9.17) is 27.6 Å². The number of halogens is 2. The Kier molecular flexibility index (Phi) is 2.69. The highest BCUT2D eigenvalue weighted by atomic mass is 35.5. The molecule has 6 heteroatoms. The second kappa shape index (κ2) is 4.23. The van der Waals surface area contributed by atoms with E-state index in [1.54, 1.807) is 13.0 Å². The minimum atomic E-state index is 0.141. The number of oxazole rings is 1. The molecule has 0 unspecified atom stereocenters. The maximum absolute atomic E-state index is 6.10. The van der Waals surface area contributed by atoms with Gasteiger partial charge in [-0.05, 0) is 30.7 Å². The molecule has 0 spiro atoms. The van der Waals surface area contributed by atoms with Crippen LogP contribution >= 0.6 is 23.2 Å². The Hall–Kier alpha value is -1.65. The molecule has 0 bridgehead atoms. The zero-order chi connectivity index (χ0) is 12.7. The van der Waals surface area contributed by atoms with Crippen LogP contribution in [0.1, 0.15) is 5.69 Å². The summed E-state index contributed by atoms with van der Waals surface area (Å²) in [5.41, 5.74) is 2.34. The summed E-state index contributed by atoms with van der Waals surface area (Å²) in [4.78, 5) is 12.4. The second-order valence-electron chi connectivity index (χ2n) is 3.73. The molecule has 1 aromatic carbocycles. The van der Waals surface area contributed by atoms with E-state index >= 15 is 0 Å². The Bertz CT molecular complexity index is 739. The molecule has 0 saturated carbocycles. The summed E-state index contributed by atoms with van der Waals surface area (Å²) in [6.07, 6.45) is 0. The van der Waals surface area contributed by atoms with Crippen LogP contribution in [0, 0.1) is 6.92 Å². The molecular formula is C12H7Cl2N3O. The lowest BCUT2D eigenvalue weighted by molar-refractivity contribution is 0.607. The first-order valence-corrected chi connectivity index (χ1v) is 5.96. The third kappa shape index (κ3) is 1.83. The van der Waals surface area contributed by atoms with Gasteiger partial charge in [0.25, 0.3) is 5.71 Å². The normalized spacial score (nSPS) is 11.1. The van der Waals surface area contributed by atoms with Crippen molar-refractivity contribution >= 4 is 34.4 Å². The van der Waals surface area contributed by atoms with Gasteiger partial charge in [0, 0.05) is 0 Å². The van der Waals surface area contributed by atoms with Gasteiger partial charge in [-0.25, -0.2) is 9.97 Å². The first-order valence-electron chi connectivity index (χ1n) is 5.21. The number of fused-ring (bicyclic) bond motifs is 1.